The Kier molecular flexibility index (Phi) is 8.77. The molecule has 0 bridgehead atoms. The van der Waals surface area contributed by atoms with Gasteiger partial charge in [-0.1, -0.05) is 13.8 Å². The second-order valence-corrected chi connectivity index (χ2v) is 9.45. The summed E-state index contributed by atoms with van der Waals surface area (Å²) in [7, 11) is 3.37. The molecule has 4 amide bonds. The van der Waals surface area contributed by atoms with Crippen LogP contribution < -0.4 is 15.4 Å². The summed E-state index contributed by atoms with van der Waals surface area (Å²) in [6, 6.07) is 4.52. The molecule has 1 heterocycles. The number of carbonyl (C=O) groups excluding carboxylic acids is 3. The van der Waals surface area contributed by atoms with E-state index in [0.717, 1.165) is 19.3 Å². The lowest BCUT2D eigenvalue weighted by Crippen LogP contribution is -2.49. The molecule has 1 saturated carbocycles. The van der Waals surface area contributed by atoms with E-state index in [0.29, 0.717) is 36.6 Å². The van der Waals surface area contributed by atoms with Crippen molar-refractivity contribution in [3.8, 4) is 5.75 Å². The molecular formula is C25H38N4O5. The fourth-order valence-electron chi connectivity index (χ4n) is 4.14. The molecule has 0 spiro atoms. The minimum absolute atomic E-state index is 0.0394. The molecule has 9 heteroatoms. The molecular weight excluding hydrogens is 436 g/mol. The van der Waals surface area contributed by atoms with Crippen molar-refractivity contribution in [3.05, 3.63) is 23.8 Å². The highest BCUT2D eigenvalue weighted by Gasteiger charge is 2.37. The summed E-state index contributed by atoms with van der Waals surface area (Å²) in [5.41, 5.74) is 0.925. The third kappa shape index (κ3) is 6.40. The van der Waals surface area contributed by atoms with Crippen LogP contribution in [0.2, 0.25) is 0 Å². The number of benzene rings is 1. The lowest BCUT2D eigenvalue weighted by Gasteiger charge is -2.36. The predicted molar refractivity (Wildman–Crippen MR) is 130 cm³/mol. The standard InChI is InChI=1S/C25H38N4O5/c1-6-11-26-25(32)27-19-9-10-20-21(12-19)34-15-17(3)29(23(30)18-7-8-18)13-16(2)22(33-5)14-28(4)24(20)31/h9-10,12,16-18,22H,6-8,11,13-15H2,1-5H3,(H2,26,27,32)/t16-,17-,22-/m0/s1. The van der Waals surface area contributed by atoms with Crippen LogP contribution in [0.3, 0.4) is 0 Å². The van der Waals surface area contributed by atoms with Crippen molar-refractivity contribution in [2.45, 2.75) is 52.2 Å². The van der Waals surface area contributed by atoms with Gasteiger partial charge in [0.25, 0.3) is 5.91 Å². The average Bonchev–Trinajstić information content (AvgIpc) is 3.67. The quantitative estimate of drug-likeness (QED) is 0.684. The maximum absolute atomic E-state index is 13.3. The number of anilines is 1. The third-order valence-electron chi connectivity index (χ3n) is 6.45. The number of carbonyl (C=O) groups is 3. The van der Waals surface area contributed by atoms with Crippen molar-refractivity contribution in [2.24, 2.45) is 11.8 Å². The fourth-order valence-corrected chi connectivity index (χ4v) is 4.14. The summed E-state index contributed by atoms with van der Waals surface area (Å²) < 4.78 is 11.9. The zero-order valence-electron chi connectivity index (χ0n) is 20.9. The molecule has 3 rings (SSSR count). The average molecular weight is 475 g/mol. The minimum atomic E-state index is -0.315. The molecule has 34 heavy (non-hydrogen) atoms. The Morgan fingerprint density at radius 3 is 2.59 bits per heavy atom. The molecule has 1 aromatic rings. The van der Waals surface area contributed by atoms with E-state index in [1.807, 2.05) is 18.7 Å². The van der Waals surface area contributed by atoms with E-state index in [-0.39, 0.29) is 48.4 Å². The van der Waals surface area contributed by atoms with Crippen LogP contribution in [0.1, 0.15) is 50.4 Å². The Balaban J connectivity index is 1.90. The molecule has 1 aliphatic heterocycles. The number of fused-ring (bicyclic) bond motifs is 1. The highest BCUT2D eigenvalue weighted by Crippen LogP contribution is 2.33. The van der Waals surface area contributed by atoms with Crippen LogP contribution in [-0.2, 0) is 9.53 Å². The molecule has 0 aromatic heterocycles. The molecule has 1 aliphatic carbocycles. The molecule has 188 valence electrons. The molecule has 1 aromatic carbocycles. The highest BCUT2D eigenvalue weighted by molar-refractivity contribution is 5.98. The minimum Gasteiger partial charge on any atom is -0.491 e. The van der Waals surface area contributed by atoms with Crippen molar-refractivity contribution in [1.29, 1.82) is 0 Å². The van der Waals surface area contributed by atoms with Crippen LogP contribution in [0.25, 0.3) is 0 Å². The van der Waals surface area contributed by atoms with Crippen LogP contribution in [0.5, 0.6) is 5.75 Å². The van der Waals surface area contributed by atoms with Crippen molar-refractivity contribution in [2.75, 3.05) is 45.7 Å². The number of likely N-dealkylation sites (N-methyl/N-ethyl adjacent to an activating group) is 1. The number of methoxy groups -OCH3 is 1. The largest absolute Gasteiger partial charge is 0.491 e. The van der Waals surface area contributed by atoms with Gasteiger partial charge in [0.2, 0.25) is 5.91 Å². The Labute approximate surface area is 202 Å². The summed E-state index contributed by atoms with van der Waals surface area (Å²) in [6.07, 6.45) is 2.47. The van der Waals surface area contributed by atoms with Crippen molar-refractivity contribution < 1.29 is 23.9 Å². The third-order valence-corrected chi connectivity index (χ3v) is 6.45. The number of urea groups is 1. The first kappa shape index (κ1) is 25.8. The van der Waals surface area contributed by atoms with Crippen molar-refractivity contribution >= 4 is 23.5 Å². The normalized spacial score (nSPS) is 23.8. The van der Waals surface area contributed by atoms with Gasteiger partial charge in [-0.05, 0) is 38.3 Å². The summed E-state index contributed by atoms with van der Waals surface area (Å²) in [6.45, 7) is 7.71. The Morgan fingerprint density at radius 1 is 1.21 bits per heavy atom. The van der Waals surface area contributed by atoms with E-state index >= 15 is 0 Å². The van der Waals surface area contributed by atoms with Gasteiger partial charge in [0.15, 0.2) is 0 Å². The molecule has 0 saturated heterocycles. The smallest absolute Gasteiger partial charge is 0.319 e. The van der Waals surface area contributed by atoms with E-state index in [2.05, 4.69) is 17.6 Å². The second kappa shape index (κ2) is 11.6. The SMILES string of the molecule is CCCNC(=O)Nc1ccc2c(c1)OC[C@H](C)N(C(=O)C1CC1)C[C@H](C)[C@@H](OC)CN(C)C2=O. The molecule has 2 aliphatic rings. The fraction of sp³-hybridized carbons (Fsp3) is 0.640. The Bertz CT molecular complexity index is 888. The number of rotatable bonds is 5. The van der Waals surface area contributed by atoms with Crippen LogP contribution in [0.4, 0.5) is 10.5 Å². The molecule has 3 atom stereocenters. The number of hydrogen-bond donors (Lipinski definition) is 2. The summed E-state index contributed by atoms with van der Waals surface area (Å²) in [4.78, 5) is 42.0. The van der Waals surface area contributed by atoms with Gasteiger partial charge in [0.05, 0.1) is 17.7 Å². The lowest BCUT2D eigenvalue weighted by molar-refractivity contribution is -0.136. The van der Waals surface area contributed by atoms with E-state index < -0.39 is 0 Å². The van der Waals surface area contributed by atoms with Gasteiger partial charge in [-0.3, -0.25) is 9.59 Å². The van der Waals surface area contributed by atoms with Gasteiger partial charge in [-0.2, -0.15) is 0 Å². The van der Waals surface area contributed by atoms with Gasteiger partial charge in [-0.25, -0.2) is 4.79 Å². The van der Waals surface area contributed by atoms with E-state index in [1.165, 1.54) is 0 Å². The van der Waals surface area contributed by atoms with Gasteiger partial charge in [0, 0.05) is 57.4 Å². The first-order chi connectivity index (χ1) is 16.2. The van der Waals surface area contributed by atoms with Gasteiger partial charge in [0.1, 0.15) is 12.4 Å². The topological polar surface area (TPSA) is 100 Å². The number of hydrogen-bond acceptors (Lipinski definition) is 5. The predicted octanol–water partition coefficient (Wildman–Crippen LogP) is 2.96. The Hall–Kier alpha value is -2.81. The molecule has 1 fully saturated rings. The number of nitrogens with one attached hydrogen (secondary N) is 2. The lowest BCUT2D eigenvalue weighted by atomic mass is 10.0. The first-order valence-electron chi connectivity index (χ1n) is 12.2. The maximum Gasteiger partial charge on any atom is 0.319 e. The summed E-state index contributed by atoms with van der Waals surface area (Å²) in [5.74, 6) is 0.473. The Morgan fingerprint density at radius 2 is 1.94 bits per heavy atom. The van der Waals surface area contributed by atoms with Crippen LogP contribution in [0.15, 0.2) is 18.2 Å². The zero-order valence-corrected chi connectivity index (χ0v) is 20.9. The highest BCUT2D eigenvalue weighted by atomic mass is 16.5. The molecule has 0 radical (unpaired) electrons. The molecule has 2 N–H and O–H groups in total. The van der Waals surface area contributed by atoms with E-state index in [9.17, 15) is 14.4 Å². The molecule has 9 nitrogen and oxygen atoms in total. The number of amides is 4. The molecule has 0 unspecified atom stereocenters. The zero-order chi connectivity index (χ0) is 24.8. The van der Waals surface area contributed by atoms with Crippen LogP contribution in [0, 0.1) is 11.8 Å². The first-order valence-corrected chi connectivity index (χ1v) is 12.2. The summed E-state index contributed by atoms with van der Waals surface area (Å²) >= 11 is 0. The monoisotopic (exact) mass is 474 g/mol. The van der Waals surface area contributed by atoms with Crippen LogP contribution >= 0.6 is 0 Å². The maximum atomic E-state index is 13.3. The number of ether oxygens (including phenoxy) is 2. The van der Waals surface area contributed by atoms with Gasteiger partial charge < -0.3 is 29.9 Å². The van der Waals surface area contributed by atoms with E-state index in [4.69, 9.17) is 9.47 Å². The number of nitrogens with zero attached hydrogens (tertiary/aromatic N) is 2. The van der Waals surface area contributed by atoms with Gasteiger partial charge >= 0.3 is 6.03 Å². The van der Waals surface area contributed by atoms with Crippen molar-refractivity contribution in [1.82, 2.24) is 15.1 Å². The second-order valence-electron chi connectivity index (χ2n) is 9.45. The summed E-state index contributed by atoms with van der Waals surface area (Å²) in [5, 5.41) is 5.55. The van der Waals surface area contributed by atoms with Crippen LogP contribution in [-0.4, -0.2) is 80.2 Å². The van der Waals surface area contributed by atoms with Gasteiger partial charge in [-0.15, -0.1) is 0 Å². The van der Waals surface area contributed by atoms with E-state index in [1.54, 1.807) is 37.3 Å². The van der Waals surface area contributed by atoms with Crippen molar-refractivity contribution in [3.63, 3.8) is 0 Å².